The van der Waals surface area contributed by atoms with Crippen LogP contribution in [-0.2, 0) is 20.8 Å². The highest BCUT2D eigenvalue weighted by molar-refractivity contribution is 6.47. The van der Waals surface area contributed by atoms with E-state index in [4.69, 9.17) is 0 Å². The van der Waals surface area contributed by atoms with Crippen molar-refractivity contribution in [3.05, 3.63) is 83.3 Å². The Morgan fingerprint density at radius 2 is 1.87 bits per heavy atom. The number of carbonyl (C=O) groups excluding carboxylic acids is 3. The molecule has 9 nitrogen and oxygen atoms in total. The number of carbonyl (C=O) groups is 3. The summed E-state index contributed by atoms with van der Waals surface area (Å²) in [5.74, 6) is -1.69. The van der Waals surface area contributed by atoms with E-state index in [-0.39, 0.29) is 22.8 Å². The largest absolute Gasteiger partial charge is 0.341 e. The summed E-state index contributed by atoms with van der Waals surface area (Å²) < 4.78 is 16.7. The third-order valence-electron chi connectivity index (χ3n) is 7.64. The molecule has 0 saturated carbocycles. The number of imidazole rings is 1. The average molecular weight is 511 g/mol. The quantitative estimate of drug-likeness (QED) is 0.546. The second-order valence-electron chi connectivity index (χ2n) is 9.86. The number of piperidine rings is 1. The molecular weight excluding hydrogens is 487 g/mol. The molecule has 0 aliphatic carbocycles. The molecule has 4 aliphatic heterocycles. The number of imide groups is 1. The van der Waals surface area contributed by atoms with E-state index in [0.717, 1.165) is 19.3 Å². The molecule has 38 heavy (non-hydrogen) atoms. The number of amides is 3. The Balaban J connectivity index is 1.38. The standard InChI is InChI=1S/C28H23FN6O3/c29-17-12-16-13-19(28(38)33-8-3-1-4-9-33)35-11-7-30-24(18(14-17)25(16)35)23-22(26(36)32-27(23)37)20-15-31-21-6-2-5-10-34(20)21/h2,5-7,10-12,14-15,19H,1,3-4,8-9,13H2,(H,32,36,37). The van der Waals surface area contributed by atoms with Gasteiger partial charge >= 0.3 is 0 Å². The van der Waals surface area contributed by atoms with Crippen molar-refractivity contribution in [3.8, 4) is 0 Å². The summed E-state index contributed by atoms with van der Waals surface area (Å²) in [6.07, 6.45) is 9.89. The molecule has 190 valence electrons. The molecule has 0 bridgehead atoms. The van der Waals surface area contributed by atoms with Gasteiger partial charge in [-0.1, -0.05) is 6.07 Å². The minimum atomic E-state index is -0.617. The molecule has 1 atom stereocenters. The van der Waals surface area contributed by atoms with Crippen LogP contribution in [0, 0.1) is 5.82 Å². The summed E-state index contributed by atoms with van der Waals surface area (Å²) in [6.45, 7) is 1.42. The lowest BCUT2D eigenvalue weighted by Crippen LogP contribution is -2.47. The van der Waals surface area contributed by atoms with Gasteiger partial charge in [-0.3, -0.25) is 29.1 Å². The molecule has 4 aliphatic rings. The van der Waals surface area contributed by atoms with Gasteiger partial charge in [0.15, 0.2) is 0 Å². The molecule has 1 fully saturated rings. The van der Waals surface area contributed by atoms with Gasteiger partial charge in [0.25, 0.3) is 11.8 Å². The topological polar surface area (TPSA) is 99.4 Å². The average Bonchev–Trinajstić information content (AvgIpc) is 3.55. The van der Waals surface area contributed by atoms with Crippen LogP contribution in [0.5, 0.6) is 0 Å². The SMILES string of the molecule is O=C1NC(=O)C(c2cnc3ccccn23)=C1C1=NC=CN2c3c(cc(F)cc31)CC2C(=O)N1CCCCC1. The lowest BCUT2D eigenvalue weighted by atomic mass is 9.94. The van der Waals surface area contributed by atoms with Crippen LogP contribution in [0.2, 0.25) is 0 Å². The van der Waals surface area contributed by atoms with Crippen molar-refractivity contribution in [2.24, 2.45) is 4.99 Å². The second kappa shape index (κ2) is 8.47. The van der Waals surface area contributed by atoms with Crippen LogP contribution in [-0.4, -0.2) is 56.8 Å². The van der Waals surface area contributed by atoms with E-state index >= 15 is 4.39 Å². The van der Waals surface area contributed by atoms with Gasteiger partial charge in [0.2, 0.25) is 5.91 Å². The Morgan fingerprint density at radius 1 is 1.05 bits per heavy atom. The highest BCUT2D eigenvalue weighted by Gasteiger charge is 2.42. The summed E-state index contributed by atoms with van der Waals surface area (Å²) in [4.78, 5) is 52.4. The highest BCUT2D eigenvalue weighted by Crippen LogP contribution is 2.41. The van der Waals surface area contributed by atoms with E-state index in [1.54, 1.807) is 28.9 Å². The van der Waals surface area contributed by atoms with E-state index in [1.807, 2.05) is 15.9 Å². The van der Waals surface area contributed by atoms with Crippen molar-refractivity contribution in [1.82, 2.24) is 19.6 Å². The maximum Gasteiger partial charge on any atom is 0.261 e. The fourth-order valence-corrected chi connectivity index (χ4v) is 5.96. The number of aromatic nitrogens is 2. The Kier molecular flexibility index (Phi) is 5.04. The van der Waals surface area contributed by atoms with Crippen molar-refractivity contribution < 1.29 is 18.8 Å². The molecule has 1 saturated heterocycles. The lowest BCUT2D eigenvalue weighted by Gasteiger charge is -2.32. The van der Waals surface area contributed by atoms with Gasteiger partial charge in [-0.2, -0.15) is 0 Å². The van der Waals surface area contributed by atoms with Gasteiger partial charge in [-0.15, -0.1) is 0 Å². The first kappa shape index (κ1) is 22.6. The molecule has 7 rings (SSSR count). The molecule has 6 heterocycles. The number of rotatable bonds is 3. The molecule has 10 heteroatoms. The van der Waals surface area contributed by atoms with Crippen molar-refractivity contribution in [1.29, 1.82) is 0 Å². The van der Waals surface area contributed by atoms with Crippen LogP contribution < -0.4 is 10.2 Å². The summed E-state index contributed by atoms with van der Waals surface area (Å²) in [6, 6.07) is 7.65. The van der Waals surface area contributed by atoms with E-state index in [1.165, 1.54) is 24.5 Å². The van der Waals surface area contributed by atoms with Crippen molar-refractivity contribution >= 4 is 40.3 Å². The summed E-state index contributed by atoms with van der Waals surface area (Å²) in [5.41, 5.74) is 3.04. The zero-order valence-electron chi connectivity index (χ0n) is 20.4. The van der Waals surface area contributed by atoms with E-state index in [0.29, 0.717) is 47.7 Å². The molecule has 0 radical (unpaired) electrons. The number of anilines is 1. The van der Waals surface area contributed by atoms with Crippen molar-refractivity contribution in [3.63, 3.8) is 0 Å². The van der Waals surface area contributed by atoms with Gasteiger partial charge in [-0.25, -0.2) is 9.37 Å². The molecular formula is C28H23FN6O3. The Bertz CT molecular complexity index is 1650. The smallest absolute Gasteiger partial charge is 0.261 e. The Hall–Kier alpha value is -4.60. The van der Waals surface area contributed by atoms with Gasteiger partial charge in [0.1, 0.15) is 17.5 Å². The molecule has 1 N–H and O–H groups in total. The zero-order chi connectivity index (χ0) is 26.0. The number of pyridine rings is 1. The van der Waals surface area contributed by atoms with E-state index in [2.05, 4.69) is 15.3 Å². The fraction of sp³-hybridized carbons (Fsp3) is 0.250. The predicted octanol–water partition coefficient (Wildman–Crippen LogP) is 2.60. The minimum absolute atomic E-state index is 0.000204. The van der Waals surface area contributed by atoms with Crippen LogP contribution in [0.25, 0.3) is 11.2 Å². The number of nitrogens with zero attached hydrogens (tertiary/aromatic N) is 5. The number of likely N-dealkylation sites (tertiary alicyclic amines) is 1. The molecule has 1 aromatic carbocycles. The number of halogens is 1. The molecule has 3 aromatic rings. The number of nitrogens with one attached hydrogen (secondary N) is 1. The number of hydrogen-bond donors (Lipinski definition) is 1. The highest BCUT2D eigenvalue weighted by atomic mass is 19.1. The minimum Gasteiger partial charge on any atom is -0.341 e. The summed E-state index contributed by atoms with van der Waals surface area (Å²) >= 11 is 0. The van der Waals surface area contributed by atoms with Crippen molar-refractivity contribution in [2.45, 2.75) is 31.7 Å². The lowest BCUT2D eigenvalue weighted by molar-refractivity contribution is -0.133. The van der Waals surface area contributed by atoms with E-state index in [9.17, 15) is 14.4 Å². The van der Waals surface area contributed by atoms with Crippen LogP contribution >= 0.6 is 0 Å². The fourth-order valence-electron chi connectivity index (χ4n) is 5.96. The number of fused-ring (bicyclic) bond motifs is 1. The Morgan fingerprint density at radius 3 is 2.71 bits per heavy atom. The summed E-state index contributed by atoms with van der Waals surface area (Å²) in [7, 11) is 0. The number of benzene rings is 1. The van der Waals surface area contributed by atoms with Crippen LogP contribution in [0.4, 0.5) is 10.1 Å². The number of aliphatic imine (C=N–C) groups is 1. The maximum atomic E-state index is 15.0. The van der Waals surface area contributed by atoms with Crippen LogP contribution in [0.1, 0.15) is 36.1 Å². The third kappa shape index (κ3) is 3.33. The van der Waals surface area contributed by atoms with E-state index < -0.39 is 23.7 Å². The van der Waals surface area contributed by atoms with Gasteiger partial charge in [0.05, 0.1) is 34.4 Å². The molecule has 1 unspecified atom stereocenters. The Labute approximate surface area is 217 Å². The number of hydrogen-bond acceptors (Lipinski definition) is 6. The first-order chi connectivity index (χ1) is 18.5. The summed E-state index contributed by atoms with van der Waals surface area (Å²) in [5, 5.41) is 2.38. The first-order valence-electron chi connectivity index (χ1n) is 12.7. The van der Waals surface area contributed by atoms with Crippen LogP contribution in [0.15, 0.2) is 65.7 Å². The monoisotopic (exact) mass is 510 g/mol. The third-order valence-corrected chi connectivity index (χ3v) is 7.64. The normalized spacial score (nSPS) is 20.7. The van der Waals surface area contributed by atoms with Crippen LogP contribution in [0.3, 0.4) is 0 Å². The molecule has 0 spiro atoms. The van der Waals surface area contributed by atoms with Gasteiger partial charge in [-0.05, 0) is 49.1 Å². The maximum absolute atomic E-state index is 15.0. The molecule has 3 amide bonds. The predicted molar refractivity (Wildman–Crippen MR) is 138 cm³/mol. The second-order valence-corrected chi connectivity index (χ2v) is 9.86. The zero-order valence-corrected chi connectivity index (χ0v) is 20.4. The molecule has 2 aromatic heterocycles. The van der Waals surface area contributed by atoms with Gasteiger partial charge in [0, 0.05) is 43.7 Å². The van der Waals surface area contributed by atoms with Gasteiger partial charge < -0.3 is 9.80 Å². The van der Waals surface area contributed by atoms with Crippen molar-refractivity contribution in [2.75, 3.05) is 18.0 Å². The first-order valence-corrected chi connectivity index (χ1v) is 12.7.